The monoisotopic (exact) mass is 368 g/mol. The quantitative estimate of drug-likeness (QED) is 0.418. The number of aromatic nitrogens is 2. The SMILES string of the molecule is Nc1cccnc1.Nc1cccnc1.[N-]=C=S.[N-]=C=S.[Zn+2]. The van der Waals surface area contributed by atoms with Gasteiger partial charge in [0.25, 0.3) is 0 Å². The Morgan fingerprint density at radius 3 is 1.24 bits per heavy atom. The van der Waals surface area contributed by atoms with E-state index in [1.54, 1.807) is 49.1 Å². The van der Waals surface area contributed by atoms with Crippen LogP contribution in [-0.2, 0) is 19.5 Å². The fourth-order valence-corrected chi connectivity index (χ4v) is 0.752. The molecule has 0 saturated carbocycles. The molecule has 9 heteroatoms. The Hall–Kier alpha value is -1.88. The van der Waals surface area contributed by atoms with E-state index in [2.05, 4.69) is 34.4 Å². The molecule has 0 spiro atoms. The van der Waals surface area contributed by atoms with E-state index in [0.29, 0.717) is 11.4 Å². The summed E-state index contributed by atoms with van der Waals surface area (Å²) in [6.07, 6.45) is 6.60. The molecule has 0 unspecified atom stereocenters. The van der Waals surface area contributed by atoms with Crippen molar-refractivity contribution < 1.29 is 19.5 Å². The summed E-state index contributed by atoms with van der Waals surface area (Å²) in [6.45, 7) is 0. The van der Waals surface area contributed by atoms with Gasteiger partial charge in [0.1, 0.15) is 0 Å². The van der Waals surface area contributed by atoms with Crippen LogP contribution in [0.4, 0.5) is 11.4 Å². The first-order valence-corrected chi connectivity index (χ1v) is 5.77. The summed E-state index contributed by atoms with van der Waals surface area (Å²) in [7, 11) is 0. The molecule has 0 aliphatic carbocycles. The molecule has 0 fully saturated rings. The van der Waals surface area contributed by atoms with E-state index in [-0.39, 0.29) is 19.5 Å². The maximum absolute atomic E-state index is 7.13. The molecule has 21 heavy (non-hydrogen) atoms. The van der Waals surface area contributed by atoms with Gasteiger partial charge in [-0.2, -0.15) is 10.3 Å². The minimum Gasteiger partial charge on any atom is -0.753 e. The molecule has 0 aromatic carbocycles. The van der Waals surface area contributed by atoms with Crippen molar-refractivity contribution in [3.63, 3.8) is 0 Å². The smallest absolute Gasteiger partial charge is 0.753 e. The molecule has 0 radical (unpaired) electrons. The van der Waals surface area contributed by atoms with Crippen molar-refractivity contribution in [3.8, 4) is 0 Å². The van der Waals surface area contributed by atoms with Gasteiger partial charge in [-0.15, -0.1) is 0 Å². The van der Waals surface area contributed by atoms with Crippen LogP contribution in [0.15, 0.2) is 49.1 Å². The third-order valence-corrected chi connectivity index (χ3v) is 1.37. The number of nitrogens with zero attached hydrogens (tertiary/aromatic N) is 4. The molecule has 104 valence electrons. The second kappa shape index (κ2) is 20.4. The van der Waals surface area contributed by atoms with Crippen molar-refractivity contribution in [2.24, 2.45) is 0 Å². The van der Waals surface area contributed by atoms with Crippen molar-refractivity contribution in [2.45, 2.75) is 0 Å². The number of pyridine rings is 2. The Morgan fingerprint density at radius 1 is 0.857 bits per heavy atom. The zero-order valence-corrected chi connectivity index (χ0v) is 15.7. The molecule has 0 aliphatic heterocycles. The van der Waals surface area contributed by atoms with Crippen molar-refractivity contribution in [2.75, 3.05) is 11.5 Å². The predicted molar refractivity (Wildman–Crippen MR) is 89.2 cm³/mol. The summed E-state index contributed by atoms with van der Waals surface area (Å²) < 4.78 is 0. The van der Waals surface area contributed by atoms with E-state index in [0.717, 1.165) is 0 Å². The molecule has 2 aromatic heterocycles. The van der Waals surface area contributed by atoms with Gasteiger partial charge in [-0.3, -0.25) is 9.97 Å². The van der Waals surface area contributed by atoms with E-state index in [9.17, 15) is 0 Å². The molecule has 0 saturated heterocycles. The summed E-state index contributed by atoms with van der Waals surface area (Å²) in [4.78, 5) is 7.52. The van der Waals surface area contributed by atoms with Crippen LogP contribution >= 0.6 is 24.4 Å². The van der Waals surface area contributed by atoms with Crippen LogP contribution < -0.4 is 11.5 Å². The number of nitrogens with two attached hydrogens (primary N) is 2. The van der Waals surface area contributed by atoms with Gasteiger partial charge < -0.3 is 22.3 Å². The summed E-state index contributed by atoms with van der Waals surface area (Å²) in [5.41, 5.74) is 12.0. The summed E-state index contributed by atoms with van der Waals surface area (Å²) in [5, 5.41) is 16.9. The van der Waals surface area contributed by atoms with Crippen LogP contribution in [0.5, 0.6) is 0 Å². The Kier molecular flexibility index (Phi) is 23.5. The Labute approximate surface area is 146 Å². The molecular weight excluding hydrogens is 358 g/mol. The fraction of sp³-hybridized carbons (Fsp3) is 0. The molecule has 2 aromatic rings. The van der Waals surface area contributed by atoms with Crippen LogP contribution in [0.1, 0.15) is 0 Å². The predicted octanol–water partition coefficient (Wildman–Crippen LogP) is 2.64. The number of thiocarbonyl (C=S) groups is 2. The summed E-state index contributed by atoms with van der Waals surface area (Å²) in [6, 6.07) is 7.20. The number of hydrogen-bond acceptors (Lipinski definition) is 6. The minimum atomic E-state index is 0. The van der Waals surface area contributed by atoms with Gasteiger partial charge in [-0.25, -0.2) is 0 Å². The first-order chi connectivity index (χ1) is 9.62. The second-order valence-electron chi connectivity index (χ2n) is 2.76. The molecular formula is C12H12N6S2Zn. The fourth-order valence-electron chi connectivity index (χ4n) is 0.752. The minimum absolute atomic E-state index is 0. The van der Waals surface area contributed by atoms with Crippen molar-refractivity contribution in [3.05, 3.63) is 59.9 Å². The van der Waals surface area contributed by atoms with Gasteiger partial charge in [0, 0.05) is 24.8 Å². The van der Waals surface area contributed by atoms with E-state index in [4.69, 9.17) is 22.3 Å². The number of rotatable bonds is 0. The van der Waals surface area contributed by atoms with Gasteiger partial charge in [0.05, 0.1) is 11.4 Å². The van der Waals surface area contributed by atoms with Gasteiger partial charge in [0.15, 0.2) is 0 Å². The van der Waals surface area contributed by atoms with Gasteiger partial charge in [-0.05, 0) is 24.3 Å². The van der Waals surface area contributed by atoms with E-state index >= 15 is 0 Å². The normalized spacial score (nSPS) is 6.48. The number of anilines is 2. The summed E-state index contributed by atoms with van der Waals surface area (Å²) >= 11 is 7.40. The molecule has 0 amide bonds. The van der Waals surface area contributed by atoms with Gasteiger partial charge in [-0.1, -0.05) is 24.4 Å². The molecule has 6 nitrogen and oxygen atoms in total. The van der Waals surface area contributed by atoms with E-state index in [1.807, 2.05) is 0 Å². The molecule has 0 atom stereocenters. The average molecular weight is 370 g/mol. The van der Waals surface area contributed by atoms with Crippen molar-refractivity contribution in [1.82, 2.24) is 9.97 Å². The van der Waals surface area contributed by atoms with Gasteiger partial charge in [0.2, 0.25) is 0 Å². The molecule has 4 N–H and O–H groups in total. The Balaban J connectivity index is -0.000000220. The summed E-state index contributed by atoms with van der Waals surface area (Å²) in [5.74, 6) is 0. The van der Waals surface area contributed by atoms with Crippen molar-refractivity contribution in [1.29, 1.82) is 0 Å². The van der Waals surface area contributed by atoms with Crippen LogP contribution in [-0.4, -0.2) is 20.3 Å². The van der Waals surface area contributed by atoms with Crippen LogP contribution in [0, 0.1) is 0 Å². The van der Waals surface area contributed by atoms with E-state index < -0.39 is 0 Å². The molecule has 2 heterocycles. The third-order valence-electron chi connectivity index (χ3n) is 1.37. The zero-order valence-electron chi connectivity index (χ0n) is 11.1. The molecule has 0 aliphatic rings. The molecule has 0 bridgehead atoms. The first kappa shape index (κ1) is 24.2. The number of nitrogen functional groups attached to an aromatic ring is 2. The number of hydrogen-bond donors (Lipinski definition) is 2. The van der Waals surface area contributed by atoms with Crippen LogP contribution in [0.2, 0.25) is 0 Å². The third kappa shape index (κ3) is 23.6. The number of isothiocyanates is 2. The Morgan fingerprint density at radius 2 is 1.14 bits per heavy atom. The topological polar surface area (TPSA) is 122 Å². The maximum atomic E-state index is 7.13. The van der Waals surface area contributed by atoms with Gasteiger partial charge >= 0.3 is 19.5 Å². The largest absolute Gasteiger partial charge is 2.00 e. The first-order valence-electron chi connectivity index (χ1n) is 4.95. The van der Waals surface area contributed by atoms with Crippen LogP contribution in [0.25, 0.3) is 10.8 Å². The standard InChI is InChI=1S/2C5H6N2.2CNS.Zn/c2*6-5-2-1-3-7-4-5;2*2-1-3;/h2*1-4H,6H2;;;/q;;2*-1;+2. The maximum Gasteiger partial charge on any atom is 2.00 e. The Bertz CT molecular complexity index is 462. The zero-order chi connectivity index (χ0) is 15.6. The molecule has 2 rings (SSSR count). The van der Waals surface area contributed by atoms with Crippen LogP contribution in [0.3, 0.4) is 0 Å². The van der Waals surface area contributed by atoms with E-state index in [1.165, 1.54) is 10.3 Å². The second-order valence-corrected chi connectivity index (χ2v) is 3.12. The average Bonchev–Trinajstić information content (AvgIpc) is 2.43. The van der Waals surface area contributed by atoms with Crippen molar-refractivity contribution >= 4 is 46.1 Å².